The predicted molar refractivity (Wildman–Crippen MR) is 119 cm³/mol. The molecule has 1 atom stereocenters. The molecule has 3 rings (SSSR count). The van der Waals surface area contributed by atoms with Gasteiger partial charge in [0.2, 0.25) is 5.95 Å². The number of carbonyl (C=O) groups excluding carboxylic acids is 2. The van der Waals surface area contributed by atoms with E-state index in [1.54, 1.807) is 30.3 Å². The van der Waals surface area contributed by atoms with Gasteiger partial charge in [0, 0.05) is 18.5 Å². The molecule has 0 aliphatic carbocycles. The number of rotatable bonds is 9. The van der Waals surface area contributed by atoms with Crippen LogP contribution >= 0.6 is 0 Å². The molecule has 0 saturated carbocycles. The second-order valence-electron chi connectivity index (χ2n) is 6.98. The van der Waals surface area contributed by atoms with E-state index >= 15 is 0 Å². The van der Waals surface area contributed by atoms with Gasteiger partial charge < -0.3 is 18.7 Å². The van der Waals surface area contributed by atoms with E-state index in [0.717, 1.165) is 11.3 Å². The lowest BCUT2D eigenvalue weighted by Gasteiger charge is -2.12. The summed E-state index contributed by atoms with van der Waals surface area (Å²) in [6, 6.07) is 6.83. The van der Waals surface area contributed by atoms with Crippen molar-refractivity contribution >= 4 is 23.9 Å². The number of carbonyl (C=O) groups is 2. The van der Waals surface area contributed by atoms with Crippen LogP contribution in [0.5, 0.6) is 11.5 Å². The van der Waals surface area contributed by atoms with Crippen LogP contribution in [-0.2, 0) is 20.9 Å². The largest absolute Gasteiger partial charge is 0.493 e. The van der Waals surface area contributed by atoms with Crippen LogP contribution in [0.4, 0.5) is 5.95 Å². The van der Waals surface area contributed by atoms with Crippen LogP contribution in [-0.4, -0.2) is 40.2 Å². The molecule has 0 bridgehead atoms. The van der Waals surface area contributed by atoms with Crippen LogP contribution in [0, 0.1) is 13.8 Å². The summed E-state index contributed by atoms with van der Waals surface area (Å²) in [5, 5.41) is 6.38. The molecule has 0 aliphatic heterocycles. The second kappa shape index (κ2) is 10.9. The van der Waals surface area contributed by atoms with Gasteiger partial charge in [-0.1, -0.05) is 11.2 Å². The maximum absolute atomic E-state index is 12.1. The number of ether oxygens (including phenoxy) is 3. The van der Waals surface area contributed by atoms with Gasteiger partial charge in [0.05, 0.1) is 18.4 Å². The average Bonchev–Trinajstić information content (AvgIpc) is 3.14. The van der Waals surface area contributed by atoms with E-state index in [4.69, 9.17) is 18.7 Å². The van der Waals surface area contributed by atoms with Crippen molar-refractivity contribution in [3.63, 3.8) is 0 Å². The number of hydrogen-bond donors (Lipinski definition) is 1. The van der Waals surface area contributed by atoms with Gasteiger partial charge in [-0.25, -0.2) is 14.8 Å². The molecule has 0 saturated heterocycles. The Hall–Kier alpha value is -4.21. The van der Waals surface area contributed by atoms with Crippen molar-refractivity contribution < 1.29 is 28.3 Å². The molecule has 1 amide bonds. The van der Waals surface area contributed by atoms with Gasteiger partial charge in [-0.05, 0) is 50.6 Å². The summed E-state index contributed by atoms with van der Waals surface area (Å²) >= 11 is 0. The fraction of sp³-hybridized carbons (Fsp3) is 0.261. The number of nitrogens with one attached hydrogen (secondary N) is 1. The van der Waals surface area contributed by atoms with Crippen molar-refractivity contribution in [2.45, 2.75) is 33.5 Å². The summed E-state index contributed by atoms with van der Waals surface area (Å²) in [6.07, 6.45) is 4.73. The molecular weight excluding hydrogens is 428 g/mol. The minimum absolute atomic E-state index is 0.129. The quantitative estimate of drug-likeness (QED) is 0.384. The Labute approximate surface area is 190 Å². The Bertz CT molecular complexity index is 1120. The van der Waals surface area contributed by atoms with Crippen LogP contribution in [0.1, 0.15) is 29.5 Å². The molecule has 2 aromatic heterocycles. The molecule has 3 aromatic rings. The highest BCUT2D eigenvalue weighted by Gasteiger charge is 2.17. The molecule has 1 aromatic carbocycles. The molecular formula is C23H24N4O6. The zero-order valence-corrected chi connectivity index (χ0v) is 18.7. The van der Waals surface area contributed by atoms with Gasteiger partial charge in [-0.15, -0.1) is 0 Å². The average molecular weight is 452 g/mol. The predicted octanol–water partition coefficient (Wildman–Crippen LogP) is 3.25. The zero-order valence-electron chi connectivity index (χ0n) is 18.7. The van der Waals surface area contributed by atoms with E-state index in [1.807, 2.05) is 13.8 Å². The maximum atomic E-state index is 12.1. The van der Waals surface area contributed by atoms with E-state index in [9.17, 15) is 9.59 Å². The molecule has 2 heterocycles. The van der Waals surface area contributed by atoms with Crippen LogP contribution in [0.3, 0.4) is 0 Å². The van der Waals surface area contributed by atoms with Gasteiger partial charge >= 0.3 is 5.97 Å². The highest BCUT2D eigenvalue weighted by Crippen LogP contribution is 2.30. The smallest absolute Gasteiger partial charge is 0.331 e. The molecule has 172 valence electrons. The van der Waals surface area contributed by atoms with Crippen molar-refractivity contribution in [3.05, 3.63) is 65.3 Å². The second-order valence-corrected chi connectivity index (χ2v) is 6.98. The topological polar surface area (TPSA) is 126 Å². The summed E-state index contributed by atoms with van der Waals surface area (Å²) in [7, 11) is 1.52. The normalized spacial score (nSPS) is 11.8. The first-order valence-corrected chi connectivity index (χ1v) is 10.1. The van der Waals surface area contributed by atoms with Crippen molar-refractivity contribution in [3.8, 4) is 11.5 Å². The Balaban J connectivity index is 1.57. The van der Waals surface area contributed by atoms with Crippen LogP contribution < -0.4 is 14.8 Å². The first kappa shape index (κ1) is 23.5. The van der Waals surface area contributed by atoms with E-state index in [2.05, 4.69) is 20.4 Å². The van der Waals surface area contributed by atoms with E-state index in [-0.39, 0.29) is 12.6 Å². The summed E-state index contributed by atoms with van der Waals surface area (Å²) < 4.78 is 21.5. The van der Waals surface area contributed by atoms with E-state index in [1.165, 1.54) is 32.5 Å². The Morgan fingerprint density at radius 1 is 1.18 bits per heavy atom. The Morgan fingerprint density at radius 3 is 2.61 bits per heavy atom. The lowest BCUT2D eigenvalue weighted by Crippen LogP contribution is -2.30. The third-order valence-corrected chi connectivity index (χ3v) is 4.62. The van der Waals surface area contributed by atoms with Crippen LogP contribution in [0.15, 0.2) is 47.3 Å². The highest BCUT2D eigenvalue weighted by atomic mass is 16.5. The van der Waals surface area contributed by atoms with Crippen LogP contribution in [0.2, 0.25) is 0 Å². The maximum Gasteiger partial charge on any atom is 0.331 e. The standard InChI is InChI=1S/C23H24N4O6/c1-14-18(15(2)33-27-14)13-31-19-8-6-17(12-20(19)30-4)7-9-21(28)32-16(3)22(29)26-23-24-10-5-11-25-23/h5-12,16H,13H2,1-4H3,(H,24,25,26,29)/b9-7+. The summed E-state index contributed by atoms with van der Waals surface area (Å²) in [5.41, 5.74) is 2.33. The Morgan fingerprint density at radius 2 is 1.94 bits per heavy atom. The van der Waals surface area contributed by atoms with Gasteiger partial charge in [-0.3, -0.25) is 10.1 Å². The third-order valence-electron chi connectivity index (χ3n) is 4.62. The molecule has 33 heavy (non-hydrogen) atoms. The molecule has 10 nitrogen and oxygen atoms in total. The number of nitrogens with zero attached hydrogens (tertiary/aromatic N) is 3. The first-order chi connectivity index (χ1) is 15.9. The van der Waals surface area contributed by atoms with E-state index < -0.39 is 18.0 Å². The van der Waals surface area contributed by atoms with Gasteiger partial charge in [0.25, 0.3) is 5.91 Å². The molecule has 10 heteroatoms. The zero-order chi connectivity index (χ0) is 23.8. The summed E-state index contributed by atoms with van der Waals surface area (Å²) in [4.78, 5) is 32.0. The van der Waals surface area contributed by atoms with Gasteiger partial charge in [-0.2, -0.15) is 0 Å². The van der Waals surface area contributed by atoms with Crippen molar-refractivity contribution in [2.24, 2.45) is 0 Å². The number of hydrogen-bond acceptors (Lipinski definition) is 9. The Kier molecular flexibility index (Phi) is 7.74. The van der Waals surface area contributed by atoms with Crippen molar-refractivity contribution in [1.29, 1.82) is 0 Å². The number of methoxy groups -OCH3 is 1. The number of benzene rings is 1. The fourth-order valence-electron chi connectivity index (χ4n) is 2.77. The number of aryl methyl sites for hydroxylation is 2. The minimum atomic E-state index is -1.03. The molecule has 0 aliphatic rings. The molecule has 0 radical (unpaired) electrons. The molecule has 1 N–H and O–H groups in total. The van der Waals surface area contributed by atoms with Crippen molar-refractivity contribution in [1.82, 2.24) is 15.1 Å². The molecule has 0 fully saturated rings. The van der Waals surface area contributed by atoms with Crippen molar-refractivity contribution in [2.75, 3.05) is 12.4 Å². The minimum Gasteiger partial charge on any atom is -0.493 e. The molecule has 0 spiro atoms. The number of anilines is 1. The summed E-state index contributed by atoms with van der Waals surface area (Å²) in [6.45, 7) is 5.41. The molecule has 1 unspecified atom stereocenters. The van der Waals surface area contributed by atoms with Gasteiger partial charge in [0.1, 0.15) is 12.4 Å². The fourth-order valence-corrected chi connectivity index (χ4v) is 2.77. The first-order valence-electron chi connectivity index (χ1n) is 10.1. The monoisotopic (exact) mass is 452 g/mol. The number of aromatic nitrogens is 3. The van der Waals surface area contributed by atoms with Crippen LogP contribution in [0.25, 0.3) is 6.08 Å². The number of esters is 1. The highest BCUT2D eigenvalue weighted by molar-refractivity contribution is 5.95. The lowest BCUT2D eigenvalue weighted by molar-refractivity contribution is -0.148. The number of amides is 1. The SMILES string of the molecule is COc1cc(/C=C/C(=O)OC(C)C(=O)Nc2ncccn2)ccc1OCc1c(C)noc1C. The summed E-state index contributed by atoms with van der Waals surface area (Å²) in [5.74, 6) is 0.640. The third kappa shape index (κ3) is 6.39. The lowest BCUT2D eigenvalue weighted by atomic mass is 10.2. The van der Waals surface area contributed by atoms with Gasteiger partial charge in [0.15, 0.2) is 17.6 Å². The van der Waals surface area contributed by atoms with E-state index in [0.29, 0.717) is 22.8 Å².